The largest absolute Gasteiger partial charge is 0.396 e. The summed E-state index contributed by atoms with van der Waals surface area (Å²) < 4.78 is 44.1. The highest BCUT2D eigenvalue weighted by Gasteiger charge is 2.15. The van der Waals surface area contributed by atoms with Gasteiger partial charge in [-0.3, -0.25) is 0 Å². The van der Waals surface area contributed by atoms with Gasteiger partial charge in [-0.15, -0.1) is 0 Å². The number of nitrogens with zero attached hydrogens (tertiary/aromatic N) is 2. The Hall–Kier alpha value is -1.54. The smallest absolute Gasteiger partial charge is 0.236 e. The Morgan fingerprint density at radius 3 is 2.57 bits per heavy atom. The van der Waals surface area contributed by atoms with E-state index in [0.717, 1.165) is 12.1 Å². The van der Waals surface area contributed by atoms with Crippen molar-refractivity contribution in [2.75, 3.05) is 12.4 Å². The number of aliphatic hydroxyl groups excluding tert-OH is 1. The van der Waals surface area contributed by atoms with Crippen LogP contribution in [0, 0.1) is 23.4 Å². The van der Waals surface area contributed by atoms with E-state index in [1.54, 1.807) is 0 Å². The van der Waals surface area contributed by atoms with Crippen LogP contribution in [0.4, 0.5) is 13.2 Å². The maximum atomic E-state index is 13.1. The molecule has 2 rings (SSSR count). The summed E-state index contributed by atoms with van der Waals surface area (Å²) in [7, 11) is 0. The van der Waals surface area contributed by atoms with Gasteiger partial charge in [0.2, 0.25) is 11.7 Å². The van der Waals surface area contributed by atoms with E-state index < -0.39 is 17.5 Å². The number of aromatic nitrogens is 2. The maximum absolute atomic E-state index is 13.1. The van der Waals surface area contributed by atoms with Crippen molar-refractivity contribution in [3.63, 3.8) is 0 Å². The molecule has 21 heavy (non-hydrogen) atoms. The summed E-state index contributed by atoms with van der Waals surface area (Å²) in [5.74, 6) is -2.56. The highest BCUT2D eigenvalue weighted by Crippen LogP contribution is 2.22. The van der Waals surface area contributed by atoms with E-state index in [-0.39, 0.29) is 23.9 Å². The lowest BCUT2D eigenvalue weighted by Crippen LogP contribution is -2.03. The predicted molar refractivity (Wildman–Crippen MR) is 72.0 cm³/mol. The molecule has 1 aromatic carbocycles. The first kappa shape index (κ1) is 15.8. The van der Waals surface area contributed by atoms with Crippen molar-refractivity contribution in [3.8, 4) is 11.4 Å². The van der Waals surface area contributed by atoms with Gasteiger partial charge in [0.15, 0.2) is 17.5 Å². The molecule has 1 aromatic heterocycles. The number of halogens is 3. The van der Waals surface area contributed by atoms with Gasteiger partial charge in [-0.05, 0) is 23.8 Å². The SMILES string of the molecule is CC(CO)CSCc1nc(-c2cc(F)c(F)c(F)c2)no1. The third-order valence-corrected chi connectivity index (χ3v) is 3.91. The van der Waals surface area contributed by atoms with Crippen molar-refractivity contribution >= 4 is 11.8 Å². The predicted octanol–water partition coefficient (Wildman–Crippen LogP) is 3.02. The molecule has 0 aliphatic carbocycles. The summed E-state index contributed by atoms with van der Waals surface area (Å²) in [6, 6.07) is 1.63. The van der Waals surface area contributed by atoms with Crippen LogP contribution in [0.5, 0.6) is 0 Å². The molecule has 0 saturated carbocycles. The van der Waals surface area contributed by atoms with Crippen molar-refractivity contribution in [1.29, 1.82) is 0 Å². The highest BCUT2D eigenvalue weighted by molar-refractivity contribution is 7.98. The Balaban J connectivity index is 2.06. The number of hydrogen-bond donors (Lipinski definition) is 1. The molecule has 0 amide bonds. The van der Waals surface area contributed by atoms with Gasteiger partial charge in [0.05, 0.1) is 5.75 Å². The maximum Gasteiger partial charge on any atom is 0.236 e. The van der Waals surface area contributed by atoms with E-state index in [1.807, 2.05) is 6.92 Å². The van der Waals surface area contributed by atoms with Gasteiger partial charge in [0.25, 0.3) is 0 Å². The second-order valence-electron chi connectivity index (χ2n) is 4.57. The van der Waals surface area contributed by atoms with Crippen LogP contribution in [0.25, 0.3) is 11.4 Å². The number of thioether (sulfide) groups is 1. The average molecular weight is 318 g/mol. The zero-order valence-corrected chi connectivity index (χ0v) is 12.0. The zero-order chi connectivity index (χ0) is 15.4. The molecule has 114 valence electrons. The third kappa shape index (κ3) is 3.98. The highest BCUT2D eigenvalue weighted by atomic mass is 32.2. The van der Waals surface area contributed by atoms with Crippen molar-refractivity contribution < 1.29 is 22.8 Å². The molecule has 0 spiro atoms. The van der Waals surface area contributed by atoms with E-state index in [1.165, 1.54) is 11.8 Å². The van der Waals surface area contributed by atoms with Crippen LogP contribution in [-0.2, 0) is 5.75 Å². The lowest BCUT2D eigenvalue weighted by atomic mass is 10.2. The van der Waals surface area contributed by atoms with Crippen molar-refractivity contribution in [1.82, 2.24) is 10.1 Å². The summed E-state index contributed by atoms with van der Waals surface area (Å²) in [6.45, 7) is 1.99. The number of rotatable bonds is 6. The fourth-order valence-corrected chi connectivity index (χ4v) is 2.43. The standard InChI is InChI=1S/C13H13F3N2O2S/c1-7(4-19)5-21-6-11-17-13(18-20-11)8-2-9(14)12(16)10(15)3-8/h2-3,7,19H,4-6H2,1H3. The molecular weight excluding hydrogens is 305 g/mol. The summed E-state index contributed by atoms with van der Waals surface area (Å²) in [4.78, 5) is 4.00. The summed E-state index contributed by atoms with van der Waals surface area (Å²) in [6.07, 6.45) is 0. The lowest BCUT2D eigenvalue weighted by molar-refractivity contribution is 0.250. The van der Waals surface area contributed by atoms with Crippen LogP contribution in [0.3, 0.4) is 0 Å². The molecule has 1 N–H and O–H groups in total. The first-order chi connectivity index (χ1) is 10.0. The summed E-state index contributed by atoms with van der Waals surface area (Å²) in [5, 5.41) is 12.5. The van der Waals surface area contributed by atoms with Crippen molar-refractivity contribution in [2.45, 2.75) is 12.7 Å². The molecule has 2 aromatic rings. The Bertz CT molecular complexity index is 598. The first-order valence-electron chi connectivity index (χ1n) is 6.17. The molecule has 0 radical (unpaired) electrons. The van der Waals surface area contributed by atoms with E-state index in [4.69, 9.17) is 9.63 Å². The van der Waals surface area contributed by atoms with Crippen LogP contribution in [0.15, 0.2) is 16.7 Å². The molecule has 0 aliphatic heterocycles. The molecule has 0 fully saturated rings. The van der Waals surface area contributed by atoms with Crippen LogP contribution in [-0.4, -0.2) is 27.6 Å². The van der Waals surface area contributed by atoms with Gasteiger partial charge >= 0.3 is 0 Å². The molecule has 0 bridgehead atoms. The normalized spacial score (nSPS) is 12.6. The van der Waals surface area contributed by atoms with E-state index in [0.29, 0.717) is 17.4 Å². The van der Waals surface area contributed by atoms with Crippen LogP contribution in [0.2, 0.25) is 0 Å². The average Bonchev–Trinajstić information content (AvgIpc) is 2.92. The van der Waals surface area contributed by atoms with E-state index >= 15 is 0 Å². The Morgan fingerprint density at radius 2 is 1.95 bits per heavy atom. The Kier molecular flexibility index (Phi) is 5.24. The van der Waals surface area contributed by atoms with E-state index in [2.05, 4.69) is 10.1 Å². The van der Waals surface area contributed by atoms with Gasteiger partial charge in [-0.2, -0.15) is 16.7 Å². The fraction of sp³-hybridized carbons (Fsp3) is 0.385. The minimum atomic E-state index is -1.53. The fourth-order valence-electron chi connectivity index (χ4n) is 1.52. The molecular formula is C13H13F3N2O2S. The molecule has 4 nitrogen and oxygen atoms in total. The van der Waals surface area contributed by atoms with Gasteiger partial charge in [0, 0.05) is 12.2 Å². The monoisotopic (exact) mass is 318 g/mol. The van der Waals surface area contributed by atoms with Crippen LogP contribution >= 0.6 is 11.8 Å². The zero-order valence-electron chi connectivity index (χ0n) is 11.1. The minimum Gasteiger partial charge on any atom is -0.396 e. The summed E-state index contributed by atoms with van der Waals surface area (Å²) >= 11 is 1.49. The number of aliphatic hydroxyl groups is 1. The molecule has 1 atom stereocenters. The third-order valence-electron chi connectivity index (χ3n) is 2.65. The van der Waals surface area contributed by atoms with E-state index in [9.17, 15) is 13.2 Å². The van der Waals surface area contributed by atoms with Crippen molar-refractivity contribution in [3.05, 3.63) is 35.5 Å². The molecule has 8 heteroatoms. The quantitative estimate of drug-likeness (QED) is 0.830. The molecule has 1 heterocycles. The second-order valence-corrected chi connectivity index (χ2v) is 5.60. The Morgan fingerprint density at radius 1 is 1.29 bits per heavy atom. The molecule has 0 aliphatic rings. The first-order valence-corrected chi connectivity index (χ1v) is 7.32. The van der Waals surface area contributed by atoms with Crippen molar-refractivity contribution in [2.24, 2.45) is 5.92 Å². The van der Waals surface area contributed by atoms with Gasteiger partial charge in [0.1, 0.15) is 0 Å². The molecule has 0 saturated heterocycles. The number of hydrogen-bond acceptors (Lipinski definition) is 5. The molecule has 1 unspecified atom stereocenters. The number of benzene rings is 1. The van der Waals surface area contributed by atoms with Crippen LogP contribution in [0.1, 0.15) is 12.8 Å². The Labute approximate surface area is 123 Å². The topological polar surface area (TPSA) is 59.2 Å². The van der Waals surface area contributed by atoms with Gasteiger partial charge in [-0.25, -0.2) is 13.2 Å². The lowest BCUT2D eigenvalue weighted by Gasteiger charge is -2.04. The minimum absolute atomic E-state index is 0.00129. The summed E-state index contributed by atoms with van der Waals surface area (Å²) in [5.41, 5.74) is 0.00938. The van der Waals surface area contributed by atoms with Gasteiger partial charge in [-0.1, -0.05) is 12.1 Å². The second kappa shape index (κ2) is 6.95. The van der Waals surface area contributed by atoms with Gasteiger partial charge < -0.3 is 9.63 Å². The van der Waals surface area contributed by atoms with Crippen LogP contribution < -0.4 is 0 Å².